The van der Waals surface area contributed by atoms with Crippen molar-refractivity contribution in [3.8, 4) is 0 Å². The summed E-state index contributed by atoms with van der Waals surface area (Å²) >= 11 is 11.3. The molecule has 0 radical (unpaired) electrons. The molecule has 19 heavy (non-hydrogen) atoms. The summed E-state index contributed by atoms with van der Waals surface area (Å²) in [7, 11) is 0. The zero-order valence-corrected chi connectivity index (χ0v) is 10.3. The summed E-state index contributed by atoms with van der Waals surface area (Å²) in [6.45, 7) is 0. The summed E-state index contributed by atoms with van der Waals surface area (Å²) in [5.41, 5.74) is -0.636. The molecule has 0 aliphatic heterocycles. The van der Waals surface area contributed by atoms with E-state index in [0.717, 1.165) is 12.1 Å². The number of rotatable bonds is 2. The van der Waals surface area contributed by atoms with Crippen LogP contribution in [0.4, 0.5) is 22.0 Å². The first-order valence-electron chi connectivity index (χ1n) is 4.73. The summed E-state index contributed by atoms with van der Waals surface area (Å²) in [5, 5.41) is -0.907. The fraction of sp³-hybridized carbons (Fsp3) is 0.200. The van der Waals surface area contributed by atoms with Crippen LogP contribution in [0.3, 0.4) is 0 Å². The second-order valence-electron chi connectivity index (χ2n) is 3.51. The molecule has 0 aliphatic rings. The van der Waals surface area contributed by atoms with Gasteiger partial charge in [-0.1, -0.05) is 23.2 Å². The maximum atomic E-state index is 13.5. The van der Waals surface area contributed by atoms with Gasteiger partial charge in [0.05, 0.1) is 10.4 Å². The van der Waals surface area contributed by atoms with Crippen LogP contribution in [0.15, 0.2) is 12.1 Å². The fourth-order valence-electron chi connectivity index (χ4n) is 1.37. The van der Waals surface area contributed by atoms with Crippen LogP contribution in [0, 0.1) is 5.82 Å². The van der Waals surface area contributed by atoms with E-state index in [-0.39, 0.29) is 10.4 Å². The van der Waals surface area contributed by atoms with Gasteiger partial charge in [0.25, 0.3) is 0 Å². The van der Waals surface area contributed by atoms with Crippen molar-refractivity contribution in [1.29, 1.82) is 0 Å². The van der Waals surface area contributed by atoms with Crippen LogP contribution in [0.2, 0.25) is 10.2 Å². The Morgan fingerprint density at radius 1 is 1.11 bits per heavy atom. The number of hydrogen-bond donors (Lipinski definition) is 0. The predicted octanol–water partition coefficient (Wildman–Crippen LogP) is 4.43. The lowest BCUT2D eigenvalue weighted by atomic mass is 10.2. The minimum absolute atomic E-state index is 0.0756. The Hall–Kier alpha value is -1.21. The van der Waals surface area contributed by atoms with E-state index in [9.17, 15) is 22.0 Å². The molecule has 102 valence electrons. The third-order valence-corrected chi connectivity index (χ3v) is 2.87. The van der Waals surface area contributed by atoms with Gasteiger partial charge < -0.3 is 0 Å². The fourth-order valence-corrected chi connectivity index (χ4v) is 1.93. The van der Waals surface area contributed by atoms with Crippen LogP contribution in [0.25, 0.3) is 10.9 Å². The Kier molecular flexibility index (Phi) is 3.53. The van der Waals surface area contributed by atoms with E-state index in [2.05, 4.69) is 9.97 Å². The molecule has 2 nitrogen and oxygen atoms in total. The molecule has 9 heteroatoms. The highest BCUT2D eigenvalue weighted by Crippen LogP contribution is 2.36. The van der Waals surface area contributed by atoms with Crippen LogP contribution < -0.4 is 0 Å². The first kappa shape index (κ1) is 14.2. The lowest BCUT2D eigenvalue weighted by molar-refractivity contribution is -0.140. The Balaban J connectivity index is 2.79. The zero-order valence-electron chi connectivity index (χ0n) is 8.77. The van der Waals surface area contributed by atoms with Gasteiger partial charge in [0, 0.05) is 0 Å². The number of benzene rings is 1. The van der Waals surface area contributed by atoms with Crippen molar-refractivity contribution in [2.24, 2.45) is 0 Å². The van der Waals surface area contributed by atoms with Gasteiger partial charge in [0.2, 0.25) is 5.82 Å². The highest BCUT2D eigenvalue weighted by atomic mass is 35.5. The van der Waals surface area contributed by atoms with Crippen molar-refractivity contribution < 1.29 is 22.0 Å². The third kappa shape index (κ3) is 2.32. The molecule has 2 aromatic rings. The number of alkyl halides is 4. The first-order valence-corrected chi connectivity index (χ1v) is 5.48. The molecular weight excluding hydrogens is 314 g/mol. The monoisotopic (exact) mass is 316 g/mol. The average molecular weight is 317 g/mol. The Bertz CT molecular complexity index is 647. The number of hydrogen-bond acceptors (Lipinski definition) is 2. The molecule has 0 fully saturated rings. The molecule has 0 spiro atoms. The highest BCUT2D eigenvalue weighted by Gasteiger charge is 2.46. The number of aromatic nitrogens is 2. The number of halogens is 7. The van der Waals surface area contributed by atoms with Gasteiger partial charge in [-0.2, -0.15) is 8.78 Å². The molecule has 0 N–H and O–H groups in total. The molecule has 0 aliphatic carbocycles. The van der Waals surface area contributed by atoms with Crippen molar-refractivity contribution in [3.63, 3.8) is 0 Å². The summed E-state index contributed by atoms with van der Waals surface area (Å²) in [6.07, 6.45) is -4.04. The smallest absolute Gasteiger partial charge is 0.224 e. The summed E-state index contributed by atoms with van der Waals surface area (Å²) < 4.78 is 64.2. The topological polar surface area (TPSA) is 25.8 Å². The predicted molar refractivity (Wildman–Crippen MR) is 59.4 cm³/mol. The minimum Gasteiger partial charge on any atom is -0.224 e. The van der Waals surface area contributed by atoms with Crippen LogP contribution in [0.5, 0.6) is 0 Å². The van der Waals surface area contributed by atoms with Gasteiger partial charge in [0.1, 0.15) is 16.5 Å². The van der Waals surface area contributed by atoms with E-state index in [0.29, 0.717) is 0 Å². The van der Waals surface area contributed by atoms with E-state index in [1.165, 1.54) is 0 Å². The highest BCUT2D eigenvalue weighted by molar-refractivity contribution is 6.41. The zero-order chi connectivity index (χ0) is 14.4. The molecule has 1 aromatic heterocycles. The maximum Gasteiger partial charge on any atom is 0.365 e. The van der Waals surface area contributed by atoms with Gasteiger partial charge in [-0.3, -0.25) is 0 Å². The van der Waals surface area contributed by atoms with Crippen molar-refractivity contribution in [2.45, 2.75) is 12.3 Å². The van der Waals surface area contributed by atoms with Crippen LogP contribution in [0.1, 0.15) is 5.82 Å². The molecule has 0 atom stereocenters. The molecule has 0 bridgehead atoms. The Morgan fingerprint density at radius 3 is 2.32 bits per heavy atom. The molecule has 0 saturated carbocycles. The summed E-state index contributed by atoms with van der Waals surface area (Å²) in [6, 6.07) is 1.98. The van der Waals surface area contributed by atoms with Crippen molar-refractivity contribution in [3.05, 3.63) is 34.0 Å². The van der Waals surface area contributed by atoms with E-state index in [4.69, 9.17) is 23.2 Å². The standard InChI is InChI=1S/C10H3Cl2F5N2/c11-3-1-2-4(13)6-5(3)7(12)19-9(18-6)10(16,17)8(14)15/h1-2,8H. The Morgan fingerprint density at radius 2 is 1.74 bits per heavy atom. The second-order valence-corrected chi connectivity index (χ2v) is 4.28. The van der Waals surface area contributed by atoms with Crippen LogP contribution in [-0.2, 0) is 5.92 Å². The Labute approximate surface area is 113 Å². The molecule has 1 aromatic carbocycles. The quantitative estimate of drug-likeness (QED) is 0.605. The third-order valence-electron chi connectivity index (χ3n) is 2.28. The van der Waals surface area contributed by atoms with Crippen LogP contribution in [-0.4, -0.2) is 16.4 Å². The van der Waals surface area contributed by atoms with Gasteiger partial charge >= 0.3 is 12.3 Å². The van der Waals surface area contributed by atoms with Crippen molar-refractivity contribution >= 4 is 34.1 Å². The number of nitrogens with zero attached hydrogens (tertiary/aromatic N) is 2. The van der Waals surface area contributed by atoms with Gasteiger partial charge in [-0.25, -0.2) is 23.1 Å². The molecule has 1 heterocycles. The molecule has 0 amide bonds. The van der Waals surface area contributed by atoms with E-state index in [1.807, 2.05) is 0 Å². The van der Waals surface area contributed by atoms with Crippen molar-refractivity contribution in [1.82, 2.24) is 9.97 Å². The second kappa shape index (κ2) is 4.72. The van der Waals surface area contributed by atoms with E-state index < -0.39 is 34.7 Å². The van der Waals surface area contributed by atoms with E-state index in [1.54, 1.807) is 0 Å². The first-order chi connectivity index (χ1) is 8.75. The maximum absolute atomic E-state index is 13.5. The molecule has 2 rings (SSSR count). The lowest BCUT2D eigenvalue weighted by Gasteiger charge is -2.14. The average Bonchev–Trinajstić information content (AvgIpc) is 2.33. The number of fused-ring (bicyclic) bond motifs is 1. The molecule has 0 saturated heterocycles. The SMILES string of the molecule is Fc1ccc(Cl)c2c(Cl)nc(C(F)(F)C(F)F)nc12. The lowest BCUT2D eigenvalue weighted by Crippen LogP contribution is -2.26. The van der Waals surface area contributed by atoms with Crippen LogP contribution >= 0.6 is 23.2 Å². The van der Waals surface area contributed by atoms with Gasteiger partial charge in [0.15, 0.2) is 0 Å². The summed E-state index contributed by atoms with van der Waals surface area (Å²) in [4.78, 5) is 6.17. The van der Waals surface area contributed by atoms with Gasteiger partial charge in [-0.15, -0.1) is 0 Å². The largest absolute Gasteiger partial charge is 0.365 e. The van der Waals surface area contributed by atoms with Crippen molar-refractivity contribution in [2.75, 3.05) is 0 Å². The molecule has 0 unspecified atom stereocenters. The molecular formula is C10H3Cl2F5N2. The van der Waals surface area contributed by atoms with Gasteiger partial charge in [-0.05, 0) is 12.1 Å². The normalized spacial score (nSPS) is 12.4. The van der Waals surface area contributed by atoms with E-state index >= 15 is 0 Å². The minimum atomic E-state index is -4.63. The summed E-state index contributed by atoms with van der Waals surface area (Å²) in [5.74, 6) is -7.21.